The standard InChI is InChI=1S/C15H23NO3/c1-11(2)14-5-4-13(10-12(14)3)19-9-8-16-7-6-15(17)18/h4-5,10-11,16H,6-9H2,1-3H3,(H,17,18). The van der Waals surface area contributed by atoms with E-state index >= 15 is 0 Å². The molecule has 0 heterocycles. The van der Waals surface area contributed by atoms with E-state index in [-0.39, 0.29) is 6.42 Å². The predicted molar refractivity (Wildman–Crippen MR) is 75.9 cm³/mol. The molecule has 106 valence electrons. The van der Waals surface area contributed by atoms with E-state index in [0.717, 1.165) is 5.75 Å². The van der Waals surface area contributed by atoms with Gasteiger partial charge in [0.2, 0.25) is 0 Å². The molecule has 19 heavy (non-hydrogen) atoms. The lowest BCUT2D eigenvalue weighted by Crippen LogP contribution is -2.23. The largest absolute Gasteiger partial charge is 0.492 e. The summed E-state index contributed by atoms with van der Waals surface area (Å²) in [4.78, 5) is 10.3. The summed E-state index contributed by atoms with van der Waals surface area (Å²) in [5, 5.41) is 11.5. The number of carbonyl (C=O) groups is 1. The van der Waals surface area contributed by atoms with E-state index in [1.54, 1.807) is 0 Å². The fourth-order valence-corrected chi connectivity index (χ4v) is 1.95. The van der Waals surface area contributed by atoms with E-state index in [1.165, 1.54) is 11.1 Å². The second-order valence-electron chi connectivity index (χ2n) is 4.92. The predicted octanol–water partition coefficient (Wildman–Crippen LogP) is 2.56. The highest BCUT2D eigenvalue weighted by Crippen LogP contribution is 2.23. The van der Waals surface area contributed by atoms with E-state index in [0.29, 0.717) is 25.6 Å². The number of nitrogens with one attached hydrogen (secondary N) is 1. The zero-order valence-electron chi connectivity index (χ0n) is 11.9. The summed E-state index contributed by atoms with van der Waals surface area (Å²) in [5.41, 5.74) is 2.58. The first-order valence-corrected chi connectivity index (χ1v) is 6.66. The van der Waals surface area contributed by atoms with Gasteiger partial charge < -0.3 is 15.2 Å². The molecular formula is C15H23NO3. The van der Waals surface area contributed by atoms with Crippen LogP contribution in [0.15, 0.2) is 18.2 Å². The number of aliphatic carboxylic acids is 1. The molecule has 1 aromatic carbocycles. The van der Waals surface area contributed by atoms with Crippen LogP contribution in [0.25, 0.3) is 0 Å². The Morgan fingerprint density at radius 3 is 2.68 bits per heavy atom. The number of benzene rings is 1. The van der Waals surface area contributed by atoms with Gasteiger partial charge in [0.15, 0.2) is 0 Å². The molecular weight excluding hydrogens is 242 g/mol. The number of hydrogen-bond donors (Lipinski definition) is 2. The van der Waals surface area contributed by atoms with Gasteiger partial charge in [0.1, 0.15) is 12.4 Å². The third-order valence-corrected chi connectivity index (χ3v) is 2.93. The van der Waals surface area contributed by atoms with Crippen molar-refractivity contribution in [3.05, 3.63) is 29.3 Å². The van der Waals surface area contributed by atoms with Gasteiger partial charge in [-0.15, -0.1) is 0 Å². The number of carboxylic acid groups (broad SMARTS) is 1. The lowest BCUT2D eigenvalue weighted by molar-refractivity contribution is -0.136. The first-order chi connectivity index (χ1) is 9.00. The molecule has 0 spiro atoms. The van der Waals surface area contributed by atoms with Crippen molar-refractivity contribution in [3.63, 3.8) is 0 Å². The van der Waals surface area contributed by atoms with Crippen LogP contribution >= 0.6 is 0 Å². The summed E-state index contributed by atoms with van der Waals surface area (Å²) in [6.45, 7) is 8.11. The quantitative estimate of drug-likeness (QED) is 0.709. The molecule has 0 amide bonds. The summed E-state index contributed by atoms with van der Waals surface area (Å²) >= 11 is 0. The smallest absolute Gasteiger partial charge is 0.304 e. The van der Waals surface area contributed by atoms with Crippen LogP contribution in [0, 0.1) is 6.92 Å². The molecule has 1 aromatic rings. The van der Waals surface area contributed by atoms with Gasteiger partial charge in [-0.05, 0) is 36.1 Å². The summed E-state index contributed by atoms with van der Waals surface area (Å²) in [5.74, 6) is 0.599. The van der Waals surface area contributed by atoms with Gasteiger partial charge in [0.25, 0.3) is 0 Å². The van der Waals surface area contributed by atoms with Gasteiger partial charge in [0, 0.05) is 13.1 Å². The van der Waals surface area contributed by atoms with Crippen molar-refractivity contribution in [1.29, 1.82) is 0 Å². The first-order valence-electron chi connectivity index (χ1n) is 6.66. The molecule has 4 heteroatoms. The van der Waals surface area contributed by atoms with E-state index in [1.807, 2.05) is 12.1 Å². The number of rotatable bonds is 8. The monoisotopic (exact) mass is 265 g/mol. The molecule has 0 aliphatic carbocycles. The van der Waals surface area contributed by atoms with Gasteiger partial charge in [-0.2, -0.15) is 0 Å². The van der Waals surface area contributed by atoms with Gasteiger partial charge in [-0.25, -0.2) is 0 Å². The Kier molecular flexibility index (Phi) is 6.36. The Morgan fingerprint density at radius 1 is 1.37 bits per heavy atom. The lowest BCUT2D eigenvalue weighted by Gasteiger charge is -2.12. The first kappa shape index (κ1) is 15.5. The summed E-state index contributed by atoms with van der Waals surface area (Å²) < 4.78 is 5.62. The van der Waals surface area contributed by atoms with E-state index < -0.39 is 5.97 Å². The Morgan fingerprint density at radius 2 is 2.11 bits per heavy atom. The number of carboxylic acids is 1. The van der Waals surface area contributed by atoms with Crippen molar-refractivity contribution >= 4 is 5.97 Å². The van der Waals surface area contributed by atoms with Crippen molar-refractivity contribution in [2.45, 2.75) is 33.1 Å². The molecule has 0 saturated carbocycles. The van der Waals surface area contributed by atoms with Crippen LogP contribution in [-0.4, -0.2) is 30.8 Å². The Balaban J connectivity index is 2.30. The fraction of sp³-hybridized carbons (Fsp3) is 0.533. The molecule has 1 rings (SSSR count). The molecule has 4 nitrogen and oxygen atoms in total. The van der Waals surface area contributed by atoms with Crippen molar-refractivity contribution < 1.29 is 14.6 Å². The molecule has 0 radical (unpaired) electrons. The maximum Gasteiger partial charge on any atom is 0.304 e. The van der Waals surface area contributed by atoms with Crippen LogP contribution in [0.4, 0.5) is 0 Å². The van der Waals surface area contributed by atoms with Crippen LogP contribution in [0.2, 0.25) is 0 Å². The average Bonchev–Trinajstić information content (AvgIpc) is 2.32. The van der Waals surface area contributed by atoms with Gasteiger partial charge in [-0.1, -0.05) is 19.9 Å². The highest BCUT2D eigenvalue weighted by atomic mass is 16.5. The molecule has 0 aliphatic rings. The molecule has 0 atom stereocenters. The highest BCUT2D eigenvalue weighted by Gasteiger charge is 2.04. The summed E-state index contributed by atoms with van der Waals surface area (Å²) in [6, 6.07) is 6.14. The Hall–Kier alpha value is -1.55. The van der Waals surface area contributed by atoms with Crippen molar-refractivity contribution in [1.82, 2.24) is 5.32 Å². The Labute approximate surface area is 114 Å². The summed E-state index contributed by atoms with van der Waals surface area (Å²) in [7, 11) is 0. The average molecular weight is 265 g/mol. The van der Waals surface area contributed by atoms with E-state index in [9.17, 15) is 4.79 Å². The molecule has 0 bridgehead atoms. The maximum absolute atomic E-state index is 10.3. The van der Waals surface area contributed by atoms with Gasteiger partial charge in [-0.3, -0.25) is 4.79 Å². The number of aryl methyl sites for hydroxylation is 1. The number of ether oxygens (including phenoxy) is 1. The zero-order valence-corrected chi connectivity index (χ0v) is 11.9. The van der Waals surface area contributed by atoms with Crippen LogP contribution in [0.1, 0.15) is 37.3 Å². The van der Waals surface area contributed by atoms with Crippen LogP contribution in [0.5, 0.6) is 5.75 Å². The van der Waals surface area contributed by atoms with Crippen molar-refractivity contribution in [3.8, 4) is 5.75 Å². The molecule has 0 aromatic heterocycles. The zero-order chi connectivity index (χ0) is 14.3. The SMILES string of the molecule is Cc1cc(OCCNCCC(=O)O)ccc1C(C)C. The number of hydrogen-bond acceptors (Lipinski definition) is 3. The van der Waals surface area contributed by atoms with Gasteiger partial charge in [0.05, 0.1) is 6.42 Å². The molecule has 2 N–H and O–H groups in total. The van der Waals surface area contributed by atoms with E-state index in [4.69, 9.17) is 9.84 Å². The molecule has 0 saturated heterocycles. The lowest BCUT2D eigenvalue weighted by atomic mass is 9.98. The molecule has 0 fully saturated rings. The minimum Gasteiger partial charge on any atom is -0.492 e. The van der Waals surface area contributed by atoms with Crippen molar-refractivity contribution in [2.75, 3.05) is 19.7 Å². The fourth-order valence-electron chi connectivity index (χ4n) is 1.95. The minimum atomic E-state index is -0.784. The maximum atomic E-state index is 10.3. The Bertz CT molecular complexity index is 416. The van der Waals surface area contributed by atoms with Crippen LogP contribution < -0.4 is 10.1 Å². The second kappa shape index (κ2) is 7.79. The molecule has 0 aliphatic heterocycles. The van der Waals surface area contributed by atoms with Gasteiger partial charge >= 0.3 is 5.97 Å². The van der Waals surface area contributed by atoms with Crippen LogP contribution in [-0.2, 0) is 4.79 Å². The van der Waals surface area contributed by atoms with E-state index in [2.05, 4.69) is 32.2 Å². The summed E-state index contributed by atoms with van der Waals surface area (Å²) in [6.07, 6.45) is 0.141. The minimum absolute atomic E-state index is 0.141. The third-order valence-electron chi connectivity index (χ3n) is 2.93. The topological polar surface area (TPSA) is 58.6 Å². The highest BCUT2D eigenvalue weighted by molar-refractivity contribution is 5.66. The van der Waals surface area contributed by atoms with Crippen molar-refractivity contribution in [2.24, 2.45) is 0 Å². The second-order valence-corrected chi connectivity index (χ2v) is 4.92. The molecule has 0 unspecified atom stereocenters. The normalized spacial score (nSPS) is 10.7. The van der Waals surface area contributed by atoms with Crippen LogP contribution in [0.3, 0.4) is 0 Å². The third kappa shape index (κ3) is 5.75.